The first kappa shape index (κ1) is 9.51. The van der Waals surface area contributed by atoms with E-state index < -0.39 is 11.8 Å². The molecule has 1 aliphatic carbocycles. The second kappa shape index (κ2) is 3.14. The predicted molar refractivity (Wildman–Crippen MR) is 55.3 cm³/mol. The highest BCUT2D eigenvalue weighted by Crippen LogP contribution is 2.43. The maximum Gasteiger partial charge on any atom is 0.349 e. The van der Waals surface area contributed by atoms with Crippen molar-refractivity contribution >= 4 is 5.97 Å². The first-order valence-corrected chi connectivity index (χ1v) is 5.45. The topological polar surface area (TPSA) is 55.8 Å². The molecule has 4 nitrogen and oxygen atoms in total. The summed E-state index contributed by atoms with van der Waals surface area (Å²) in [5.41, 5.74) is 0.139. The van der Waals surface area contributed by atoms with Crippen molar-refractivity contribution in [3.05, 3.63) is 23.8 Å². The molecule has 1 spiro atoms. The highest BCUT2D eigenvalue weighted by Gasteiger charge is 2.45. The zero-order chi connectivity index (χ0) is 11.2. The molecule has 1 aromatic rings. The summed E-state index contributed by atoms with van der Waals surface area (Å²) < 4.78 is 11.0. The number of carbonyl (C=O) groups is 1. The summed E-state index contributed by atoms with van der Waals surface area (Å²) in [6, 6.07) is 4.81. The summed E-state index contributed by atoms with van der Waals surface area (Å²) in [6.45, 7) is 0. The molecular formula is C12H12O4. The molecule has 0 aromatic heterocycles. The van der Waals surface area contributed by atoms with Crippen molar-refractivity contribution in [2.75, 3.05) is 0 Å². The van der Waals surface area contributed by atoms with Crippen LogP contribution < -0.4 is 4.74 Å². The Morgan fingerprint density at radius 2 is 1.94 bits per heavy atom. The van der Waals surface area contributed by atoms with E-state index in [1.165, 1.54) is 6.07 Å². The van der Waals surface area contributed by atoms with Crippen molar-refractivity contribution in [2.24, 2.45) is 0 Å². The second-order valence-corrected chi connectivity index (χ2v) is 4.26. The Hall–Kier alpha value is -1.71. The predicted octanol–water partition coefficient (Wildman–Crippen LogP) is 2.21. The van der Waals surface area contributed by atoms with Gasteiger partial charge in [0.15, 0.2) is 0 Å². The third kappa shape index (κ3) is 1.26. The normalized spacial score (nSPS) is 21.4. The molecule has 1 aliphatic heterocycles. The monoisotopic (exact) mass is 220 g/mol. The van der Waals surface area contributed by atoms with Gasteiger partial charge in [-0.1, -0.05) is 6.07 Å². The Labute approximate surface area is 92.8 Å². The molecule has 1 heterocycles. The van der Waals surface area contributed by atoms with Gasteiger partial charge in [0.2, 0.25) is 0 Å². The van der Waals surface area contributed by atoms with Crippen LogP contribution in [0.3, 0.4) is 0 Å². The maximum atomic E-state index is 11.8. The number of carbonyl (C=O) groups excluding carboxylic acids is 1. The van der Waals surface area contributed by atoms with E-state index in [1.807, 2.05) is 0 Å². The van der Waals surface area contributed by atoms with Gasteiger partial charge in [0.25, 0.3) is 5.79 Å². The first-order valence-electron chi connectivity index (χ1n) is 5.45. The summed E-state index contributed by atoms with van der Waals surface area (Å²) in [6.07, 6.45) is 3.46. The number of phenols is 1. The van der Waals surface area contributed by atoms with E-state index in [4.69, 9.17) is 9.47 Å². The number of fused-ring (bicyclic) bond motifs is 1. The Morgan fingerprint density at radius 3 is 2.69 bits per heavy atom. The van der Waals surface area contributed by atoms with Crippen LogP contribution in [0.5, 0.6) is 11.5 Å². The van der Waals surface area contributed by atoms with Crippen LogP contribution in [0.4, 0.5) is 0 Å². The molecule has 0 radical (unpaired) electrons. The quantitative estimate of drug-likeness (QED) is 0.681. The Kier molecular flexibility index (Phi) is 1.87. The molecule has 0 atom stereocenters. The molecular weight excluding hydrogens is 208 g/mol. The standard InChI is InChI=1S/C12H12O4/c13-8-4-3-5-9-10(8)11(14)16-12(15-9)6-1-2-7-12/h3-5,13H,1-2,6-7H2. The molecule has 1 N–H and O–H groups in total. The van der Waals surface area contributed by atoms with Crippen LogP contribution in [0.1, 0.15) is 36.0 Å². The minimum atomic E-state index is -0.780. The van der Waals surface area contributed by atoms with Gasteiger partial charge in [-0.15, -0.1) is 0 Å². The summed E-state index contributed by atoms with van der Waals surface area (Å²) in [7, 11) is 0. The summed E-state index contributed by atoms with van der Waals surface area (Å²) in [4.78, 5) is 11.8. The van der Waals surface area contributed by atoms with Crippen molar-refractivity contribution in [3.63, 3.8) is 0 Å². The number of aromatic hydroxyl groups is 1. The van der Waals surface area contributed by atoms with Crippen molar-refractivity contribution < 1.29 is 19.4 Å². The smallest absolute Gasteiger partial charge is 0.349 e. The van der Waals surface area contributed by atoms with Gasteiger partial charge in [0.1, 0.15) is 17.1 Å². The zero-order valence-corrected chi connectivity index (χ0v) is 8.73. The Bertz CT molecular complexity index is 446. The van der Waals surface area contributed by atoms with Crippen LogP contribution in [0.2, 0.25) is 0 Å². The SMILES string of the molecule is O=C1OC2(CCCC2)Oc2cccc(O)c21. The number of ether oxygens (including phenoxy) is 2. The molecule has 84 valence electrons. The molecule has 3 rings (SSSR count). The fourth-order valence-electron chi connectivity index (χ4n) is 2.37. The lowest BCUT2D eigenvalue weighted by molar-refractivity contribution is -0.148. The van der Waals surface area contributed by atoms with E-state index in [0.717, 1.165) is 25.7 Å². The van der Waals surface area contributed by atoms with E-state index >= 15 is 0 Å². The summed E-state index contributed by atoms with van der Waals surface area (Å²) in [5.74, 6) is -0.924. The molecule has 0 unspecified atom stereocenters. The van der Waals surface area contributed by atoms with Crippen molar-refractivity contribution in [3.8, 4) is 11.5 Å². The molecule has 4 heteroatoms. The summed E-state index contributed by atoms with van der Waals surface area (Å²) >= 11 is 0. The lowest BCUT2D eigenvalue weighted by Gasteiger charge is -2.34. The lowest BCUT2D eigenvalue weighted by atomic mass is 10.1. The van der Waals surface area contributed by atoms with Crippen LogP contribution in [-0.2, 0) is 4.74 Å². The van der Waals surface area contributed by atoms with Crippen LogP contribution in [0, 0.1) is 0 Å². The minimum Gasteiger partial charge on any atom is -0.507 e. The van der Waals surface area contributed by atoms with Gasteiger partial charge in [0.05, 0.1) is 0 Å². The summed E-state index contributed by atoms with van der Waals surface area (Å²) in [5, 5.41) is 9.58. The molecule has 16 heavy (non-hydrogen) atoms. The first-order chi connectivity index (χ1) is 7.70. The third-order valence-corrected chi connectivity index (χ3v) is 3.15. The highest BCUT2D eigenvalue weighted by molar-refractivity contribution is 5.96. The van der Waals surface area contributed by atoms with E-state index in [1.54, 1.807) is 12.1 Å². The van der Waals surface area contributed by atoms with Crippen LogP contribution >= 0.6 is 0 Å². The van der Waals surface area contributed by atoms with E-state index in [-0.39, 0.29) is 11.3 Å². The number of hydrogen-bond donors (Lipinski definition) is 1. The number of phenolic OH excluding ortho intramolecular Hbond substituents is 1. The van der Waals surface area contributed by atoms with Crippen molar-refractivity contribution in [2.45, 2.75) is 31.5 Å². The fraction of sp³-hybridized carbons (Fsp3) is 0.417. The van der Waals surface area contributed by atoms with Crippen molar-refractivity contribution in [1.82, 2.24) is 0 Å². The van der Waals surface area contributed by atoms with Crippen LogP contribution in [-0.4, -0.2) is 16.9 Å². The van der Waals surface area contributed by atoms with Gasteiger partial charge < -0.3 is 14.6 Å². The third-order valence-electron chi connectivity index (χ3n) is 3.15. The van der Waals surface area contributed by atoms with Gasteiger partial charge in [0, 0.05) is 12.8 Å². The van der Waals surface area contributed by atoms with Gasteiger partial charge >= 0.3 is 5.97 Å². The molecule has 1 fully saturated rings. The van der Waals surface area contributed by atoms with E-state index in [2.05, 4.69) is 0 Å². The van der Waals surface area contributed by atoms with E-state index in [0.29, 0.717) is 5.75 Å². The van der Waals surface area contributed by atoms with Gasteiger partial charge in [-0.05, 0) is 25.0 Å². The Balaban J connectivity index is 2.06. The van der Waals surface area contributed by atoms with Gasteiger partial charge in [-0.2, -0.15) is 0 Å². The molecule has 2 aliphatic rings. The number of hydrogen-bond acceptors (Lipinski definition) is 4. The molecule has 1 aromatic carbocycles. The highest BCUT2D eigenvalue weighted by atomic mass is 16.7. The average molecular weight is 220 g/mol. The molecule has 0 saturated heterocycles. The van der Waals surface area contributed by atoms with Crippen LogP contribution in [0.15, 0.2) is 18.2 Å². The molecule has 0 bridgehead atoms. The van der Waals surface area contributed by atoms with Gasteiger partial charge in [-0.25, -0.2) is 4.79 Å². The maximum absolute atomic E-state index is 11.8. The fourth-order valence-corrected chi connectivity index (χ4v) is 2.37. The minimum absolute atomic E-state index is 0.0876. The zero-order valence-electron chi connectivity index (χ0n) is 8.73. The van der Waals surface area contributed by atoms with Crippen LogP contribution in [0.25, 0.3) is 0 Å². The number of rotatable bonds is 0. The lowest BCUT2D eigenvalue weighted by Crippen LogP contribution is -2.42. The Morgan fingerprint density at radius 1 is 1.19 bits per heavy atom. The second-order valence-electron chi connectivity index (χ2n) is 4.26. The van der Waals surface area contributed by atoms with E-state index in [9.17, 15) is 9.90 Å². The van der Waals surface area contributed by atoms with Crippen molar-refractivity contribution in [1.29, 1.82) is 0 Å². The molecule has 0 amide bonds. The molecule has 1 saturated carbocycles. The average Bonchev–Trinajstić information content (AvgIpc) is 2.65. The van der Waals surface area contributed by atoms with Gasteiger partial charge in [-0.3, -0.25) is 0 Å². The largest absolute Gasteiger partial charge is 0.507 e. The number of esters is 1. The number of benzene rings is 1.